The first-order chi connectivity index (χ1) is 11.6. The summed E-state index contributed by atoms with van der Waals surface area (Å²) < 4.78 is 5.04. The van der Waals surface area contributed by atoms with Crippen LogP contribution in [0.3, 0.4) is 0 Å². The highest BCUT2D eigenvalue weighted by atomic mass is 16.6. The van der Waals surface area contributed by atoms with Gasteiger partial charge >= 0.3 is 6.09 Å². The molecule has 1 atom stereocenters. The minimum absolute atomic E-state index is 0.212. The molecule has 1 heterocycles. The van der Waals surface area contributed by atoms with Crippen LogP contribution in [0.5, 0.6) is 0 Å². The molecule has 6 nitrogen and oxygen atoms in total. The zero-order valence-electron chi connectivity index (χ0n) is 15.7. The van der Waals surface area contributed by atoms with Crippen molar-refractivity contribution in [2.24, 2.45) is 16.6 Å². The molecule has 1 fully saturated rings. The SMILES string of the molecule is CCCCC(CCC)CN=C(N)NC1CCN(C(=O)OCC)CC1. The Hall–Kier alpha value is -1.46. The van der Waals surface area contributed by atoms with Crippen molar-refractivity contribution in [3.8, 4) is 0 Å². The highest BCUT2D eigenvalue weighted by Gasteiger charge is 2.23. The maximum Gasteiger partial charge on any atom is 0.409 e. The first-order valence-electron chi connectivity index (χ1n) is 9.58. The summed E-state index contributed by atoms with van der Waals surface area (Å²) in [6, 6.07) is 0.291. The van der Waals surface area contributed by atoms with Crippen molar-refractivity contribution in [1.29, 1.82) is 0 Å². The van der Waals surface area contributed by atoms with E-state index in [1.807, 2.05) is 6.92 Å². The number of nitrogens with one attached hydrogen (secondary N) is 1. The summed E-state index contributed by atoms with van der Waals surface area (Å²) in [5.41, 5.74) is 6.05. The van der Waals surface area contributed by atoms with Crippen LogP contribution >= 0.6 is 0 Å². The molecule has 1 aliphatic heterocycles. The Labute approximate surface area is 147 Å². The molecule has 1 unspecified atom stereocenters. The predicted molar refractivity (Wildman–Crippen MR) is 99.2 cm³/mol. The fraction of sp³-hybridized carbons (Fsp3) is 0.889. The van der Waals surface area contributed by atoms with Crippen LogP contribution in [0.15, 0.2) is 4.99 Å². The number of hydrogen-bond donors (Lipinski definition) is 2. The summed E-state index contributed by atoms with van der Waals surface area (Å²) in [4.78, 5) is 18.0. The number of carbonyl (C=O) groups is 1. The normalized spacial score (nSPS) is 17.6. The molecule has 1 amide bonds. The molecular formula is C18H36N4O2. The lowest BCUT2D eigenvalue weighted by molar-refractivity contribution is 0.0963. The molecule has 6 heteroatoms. The molecular weight excluding hydrogens is 304 g/mol. The van der Waals surface area contributed by atoms with Gasteiger partial charge in [0.1, 0.15) is 0 Å². The van der Waals surface area contributed by atoms with Gasteiger partial charge in [0.2, 0.25) is 0 Å². The van der Waals surface area contributed by atoms with Crippen LogP contribution in [0, 0.1) is 5.92 Å². The molecule has 24 heavy (non-hydrogen) atoms. The number of nitrogens with two attached hydrogens (primary N) is 1. The third kappa shape index (κ3) is 7.88. The number of hydrogen-bond acceptors (Lipinski definition) is 3. The first-order valence-corrected chi connectivity index (χ1v) is 9.58. The number of carbonyl (C=O) groups excluding carboxylic acids is 1. The van der Waals surface area contributed by atoms with Crippen molar-refractivity contribution in [2.75, 3.05) is 26.2 Å². The second-order valence-electron chi connectivity index (χ2n) is 6.63. The van der Waals surface area contributed by atoms with Gasteiger partial charge in [-0.1, -0.05) is 33.1 Å². The van der Waals surface area contributed by atoms with Crippen LogP contribution in [0.25, 0.3) is 0 Å². The molecule has 0 aromatic carbocycles. The van der Waals surface area contributed by atoms with Gasteiger partial charge < -0.3 is 20.7 Å². The van der Waals surface area contributed by atoms with Gasteiger partial charge in [0.05, 0.1) is 6.61 Å². The lowest BCUT2D eigenvalue weighted by Gasteiger charge is -2.31. The molecule has 1 rings (SSSR count). The Kier molecular flexibility index (Phi) is 10.3. The molecule has 0 bridgehead atoms. The molecule has 3 N–H and O–H groups in total. The van der Waals surface area contributed by atoms with Gasteiger partial charge in [-0.15, -0.1) is 0 Å². The van der Waals surface area contributed by atoms with Gasteiger partial charge in [-0.3, -0.25) is 4.99 Å². The highest BCUT2D eigenvalue weighted by Crippen LogP contribution is 2.15. The van der Waals surface area contributed by atoms with Gasteiger partial charge in [0, 0.05) is 25.7 Å². The van der Waals surface area contributed by atoms with E-state index >= 15 is 0 Å². The Balaban J connectivity index is 2.34. The number of aliphatic imine (C=N–C) groups is 1. The average Bonchev–Trinajstić information content (AvgIpc) is 2.58. The van der Waals surface area contributed by atoms with Crippen LogP contribution in [-0.2, 0) is 4.74 Å². The van der Waals surface area contributed by atoms with Crippen LogP contribution in [0.4, 0.5) is 4.79 Å². The number of ether oxygens (including phenoxy) is 1. The lowest BCUT2D eigenvalue weighted by Crippen LogP contribution is -2.48. The molecule has 0 aromatic heterocycles. The number of guanidine groups is 1. The standard InChI is InChI=1S/C18H36N4O2/c1-4-7-9-15(8-5-2)14-20-17(19)21-16-10-12-22(13-11-16)18(23)24-6-3/h15-16H,4-14H2,1-3H3,(H3,19,20,21). The monoisotopic (exact) mass is 340 g/mol. The van der Waals surface area contributed by atoms with Crippen molar-refractivity contribution < 1.29 is 9.53 Å². The molecule has 0 saturated carbocycles. The van der Waals surface area contributed by atoms with E-state index in [1.54, 1.807) is 4.90 Å². The van der Waals surface area contributed by atoms with Crippen LogP contribution in [0.1, 0.15) is 65.7 Å². The van der Waals surface area contributed by atoms with E-state index < -0.39 is 0 Å². The Morgan fingerprint density at radius 3 is 2.54 bits per heavy atom. The summed E-state index contributed by atoms with van der Waals surface area (Å²) in [5, 5.41) is 3.31. The summed E-state index contributed by atoms with van der Waals surface area (Å²) in [5.74, 6) is 1.18. The van der Waals surface area contributed by atoms with Gasteiger partial charge in [0.15, 0.2) is 5.96 Å². The van der Waals surface area contributed by atoms with Gasteiger partial charge in [-0.25, -0.2) is 4.79 Å². The molecule has 1 saturated heterocycles. The van der Waals surface area contributed by atoms with Crippen molar-refractivity contribution in [3.63, 3.8) is 0 Å². The van der Waals surface area contributed by atoms with Crippen molar-refractivity contribution >= 4 is 12.1 Å². The largest absolute Gasteiger partial charge is 0.450 e. The second kappa shape index (κ2) is 12.0. The minimum atomic E-state index is -0.212. The minimum Gasteiger partial charge on any atom is -0.450 e. The maximum atomic E-state index is 11.7. The summed E-state index contributed by atoms with van der Waals surface area (Å²) in [6.07, 6.45) is 7.69. The van der Waals surface area contributed by atoms with E-state index in [9.17, 15) is 4.79 Å². The van der Waals surface area contributed by atoms with E-state index in [0.29, 0.717) is 37.6 Å². The number of rotatable bonds is 9. The van der Waals surface area contributed by atoms with E-state index in [2.05, 4.69) is 24.2 Å². The average molecular weight is 341 g/mol. The Morgan fingerprint density at radius 2 is 1.96 bits per heavy atom. The third-order valence-corrected chi connectivity index (χ3v) is 4.56. The van der Waals surface area contributed by atoms with Crippen LogP contribution in [-0.4, -0.2) is 49.2 Å². The highest BCUT2D eigenvalue weighted by molar-refractivity contribution is 5.78. The van der Waals surface area contributed by atoms with Crippen molar-refractivity contribution in [3.05, 3.63) is 0 Å². The lowest BCUT2D eigenvalue weighted by atomic mass is 9.97. The van der Waals surface area contributed by atoms with Crippen LogP contribution in [0.2, 0.25) is 0 Å². The molecule has 1 aliphatic rings. The van der Waals surface area contributed by atoms with Crippen molar-refractivity contribution in [1.82, 2.24) is 10.2 Å². The number of piperidine rings is 1. The zero-order chi connectivity index (χ0) is 17.8. The van der Waals surface area contributed by atoms with Crippen LogP contribution < -0.4 is 11.1 Å². The van der Waals surface area contributed by atoms with E-state index in [4.69, 9.17) is 10.5 Å². The molecule has 140 valence electrons. The van der Waals surface area contributed by atoms with Gasteiger partial charge in [-0.2, -0.15) is 0 Å². The Bertz CT molecular complexity index is 379. The molecule has 0 radical (unpaired) electrons. The van der Waals surface area contributed by atoms with Gasteiger partial charge in [0.25, 0.3) is 0 Å². The predicted octanol–water partition coefficient (Wildman–Crippen LogP) is 3.12. The number of likely N-dealkylation sites (tertiary alicyclic amines) is 1. The summed E-state index contributed by atoms with van der Waals surface area (Å²) in [6.45, 7) is 8.93. The Morgan fingerprint density at radius 1 is 1.25 bits per heavy atom. The maximum absolute atomic E-state index is 11.7. The van der Waals surface area contributed by atoms with Gasteiger partial charge in [-0.05, 0) is 38.5 Å². The third-order valence-electron chi connectivity index (χ3n) is 4.56. The first kappa shape index (κ1) is 20.6. The summed E-state index contributed by atoms with van der Waals surface area (Å²) in [7, 11) is 0. The smallest absolute Gasteiger partial charge is 0.409 e. The second-order valence-corrected chi connectivity index (χ2v) is 6.63. The fourth-order valence-electron chi connectivity index (χ4n) is 3.13. The number of nitrogens with zero attached hydrogens (tertiary/aromatic N) is 2. The molecule has 0 spiro atoms. The number of unbranched alkanes of at least 4 members (excludes halogenated alkanes) is 1. The van der Waals surface area contributed by atoms with Crippen molar-refractivity contribution in [2.45, 2.75) is 71.8 Å². The molecule has 0 aliphatic carbocycles. The zero-order valence-corrected chi connectivity index (χ0v) is 15.7. The fourth-order valence-corrected chi connectivity index (χ4v) is 3.13. The number of amides is 1. The quantitative estimate of drug-likeness (QED) is 0.499. The molecule has 0 aromatic rings. The van der Waals surface area contributed by atoms with E-state index in [0.717, 1.165) is 19.4 Å². The van der Waals surface area contributed by atoms with E-state index in [1.165, 1.54) is 32.1 Å². The topological polar surface area (TPSA) is 80.0 Å². The van der Waals surface area contributed by atoms with E-state index in [-0.39, 0.29) is 6.09 Å². The summed E-state index contributed by atoms with van der Waals surface area (Å²) >= 11 is 0.